The highest BCUT2D eigenvalue weighted by Crippen LogP contribution is 2.09. The Bertz CT molecular complexity index is 138. The van der Waals surface area contributed by atoms with Crippen molar-refractivity contribution in [1.82, 2.24) is 0 Å². The molecule has 0 aliphatic heterocycles. The molecule has 0 saturated carbocycles. The summed E-state index contributed by atoms with van der Waals surface area (Å²) >= 11 is 13.5. The van der Waals surface area contributed by atoms with Crippen molar-refractivity contribution in [2.24, 2.45) is 0 Å². The molecule has 0 heterocycles. The van der Waals surface area contributed by atoms with Crippen LogP contribution < -0.4 is 0 Å². The Morgan fingerprint density at radius 2 is 2.11 bits per heavy atom. The minimum absolute atomic E-state index is 0.00806. The van der Waals surface area contributed by atoms with E-state index in [0.29, 0.717) is 0 Å². The maximum Gasteiger partial charge on any atom is 0.171 e. The van der Waals surface area contributed by atoms with Gasteiger partial charge >= 0.3 is 0 Å². The fraction of sp³-hybridized carbons (Fsp3) is 0.400. The smallest absolute Gasteiger partial charge is 0.171 e. The third kappa shape index (κ3) is 4.94. The van der Waals surface area contributed by atoms with Gasteiger partial charge < -0.3 is 0 Å². The van der Waals surface area contributed by atoms with Crippen LogP contribution >= 0.6 is 39.1 Å². The fourth-order valence-electron chi connectivity index (χ4n) is 0.222. The summed E-state index contributed by atoms with van der Waals surface area (Å²) in [4.78, 5) is 10.4. The molecule has 0 aliphatic rings. The van der Waals surface area contributed by atoms with Crippen LogP contribution in [0.25, 0.3) is 0 Å². The molecule has 0 N–H and O–H groups in total. The van der Waals surface area contributed by atoms with Gasteiger partial charge in [-0.2, -0.15) is 0 Å². The van der Waals surface area contributed by atoms with Crippen LogP contribution in [0, 0.1) is 0 Å². The van der Waals surface area contributed by atoms with Crippen LogP contribution in [0.5, 0.6) is 0 Å². The highest BCUT2D eigenvalue weighted by atomic mass is 79.9. The summed E-state index contributed by atoms with van der Waals surface area (Å²) in [5, 5.41) is 0. The molecule has 0 aromatic rings. The van der Waals surface area contributed by atoms with Crippen LogP contribution in [0.1, 0.15) is 6.92 Å². The van der Waals surface area contributed by atoms with Crippen molar-refractivity contribution >= 4 is 44.9 Å². The van der Waals surface area contributed by atoms with E-state index < -0.39 is 0 Å². The van der Waals surface area contributed by atoms with E-state index in [-0.39, 0.29) is 15.1 Å². The molecule has 52 valence electrons. The summed E-state index contributed by atoms with van der Waals surface area (Å²) in [5.41, 5.74) is 0. The molecule has 0 rings (SSSR count). The molecule has 0 aromatic carbocycles. The van der Waals surface area contributed by atoms with Crippen molar-refractivity contribution < 1.29 is 4.79 Å². The van der Waals surface area contributed by atoms with Crippen molar-refractivity contribution in [3.8, 4) is 0 Å². The number of hydrogen-bond donors (Lipinski definition) is 0. The summed E-state index contributed by atoms with van der Waals surface area (Å²) in [6.45, 7) is 1.70. The number of alkyl halides is 1. The molecule has 4 heteroatoms. The number of ketones is 1. The fourth-order valence-corrected chi connectivity index (χ4v) is 0.570. The zero-order valence-electron chi connectivity index (χ0n) is 4.70. The first-order chi connectivity index (χ1) is 4.04. The van der Waals surface area contributed by atoms with Crippen LogP contribution in [0.3, 0.4) is 0 Å². The summed E-state index contributed by atoms with van der Waals surface area (Å²) < 4.78 is -0.00806. The van der Waals surface area contributed by atoms with Gasteiger partial charge in [-0.3, -0.25) is 4.79 Å². The molecule has 1 atom stereocenters. The molecule has 1 nitrogen and oxygen atoms in total. The quantitative estimate of drug-likeness (QED) is 0.528. The normalized spacial score (nSPS) is 12.4. The summed E-state index contributed by atoms with van der Waals surface area (Å²) in [5.74, 6) is -0.130. The summed E-state index contributed by atoms with van der Waals surface area (Å²) in [7, 11) is 0. The predicted octanol–water partition coefficient (Wildman–Crippen LogP) is 2.66. The van der Waals surface area contributed by atoms with Crippen LogP contribution in [0.4, 0.5) is 0 Å². The van der Waals surface area contributed by atoms with Crippen LogP contribution in [-0.4, -0.2) is 10.6 Å². The molecule has 9 heavy (non-hydrogen) atoms. The van der Waals surface area contributed by atoms with Crippen LogP contribution in [0.2, 0.25) is 0 Å². The van der Waals surface area contributed by atoms with Crippen LogP contribution in [0.15, 0.2) is 10.6 Å². The number of allylic oxidation sites excluding steroid dienone is 1. The largest absolute Gasteiger partial charge is 0.294 e. The number of carbonyl (C=O) groups excluding carboxylic acids is 1. The predicted molar refractivity (Wildman–Crippen MR) is 43.2 cm³/mol. The molecule has 0 aliphatic carbocycles. The SMILES string of the molecule is CC(Br)C(=O)C=C(Cl)Cl. The standard InChI is InChI=1S/C5H5BrCl2O/c1-3(6)4(9)2-5(7)8/h2-3H,1H3. The number of carbonyl (C=O) groups is 1. The van der Waals surface area contributed by atoms with Gasteiger partial charge in [-0.15, -0.1) is 0 Å². The maximum atomic E-state index is 10.7. The molecule has 0 radical (unpaired) electrons. The summed E-state index contributed by atoms with van der Waals surface area (Å²) in [6, 6.07) is 0. The van der Waals surface area contributed by atoms with Crippen molar-refractivity contribution in [1.29, 1.82) is 0 Å². The lowest BCUT2D eigenvalue weighted by atomic mass is 10.3. The van der Waals surface area contributed by atoms with Gasteiger partial charge in [0.15, 0.2) is 5.78 Å². The minimum Gasteiger partial charge on any atom is -0.294 e. The Balaban J connectivity index is 3.93. The van der Waals surface area contributed by atoms with Gasteiger partial charge in [0.05, 0.1) is 4.83 Å². The topological polar surface area (TPSA) is 17.1 Å². The Kier molecular flexibility index (Phi) is 4.54. The van der Waals surface area contributed by atoms with Gasteiger partial charge in [0, 0.05) is 6.08 Å². The Hall–Kier alpha value is 0.470. The lowest BCUT2D eigenvalue weighted by Crippen LogP contribution is -2.04. The Labute approximate surface area is 72.1 Å². The van der Waals surface area contributed by atoms with Crippen molar-refractivity contribution in [2.45, 2.75) is 11.8 Å². The van der Waals surface area contributed by atoms with Gasteiger partial charge in [0.25, 0.3) is 0 Å². The molecule has 0 bridgehead atoms. The van der Waals surface area contributed by atoms with E-state index in [4.69, 9.17) is 23.2 Å². The first-order valence-electron chi connectivity index (χ1n) is 2.24. The second-order valence-corrected chi connectivity index (χ2v) is 3.83. The third-order valence-electron chi connectivity index (χ3n) is 0.643. The monoisotopic (exact) mass is 230 g/mol. The van der Waals surface area contributed by atoms with E-state index in [1.165, 1.54) is 6.08 Å². The molecule has 0 amide bonds. The Morgan fingerprint density at radius 1 is 1.67 bits per heavy atom. The zero-order chi connectivity index (χ0) is 7.44. The van der Waals surface area contributed by atoms with Crippen molar-refractivity contribution in [2.75, 3.05) is 0 Å². The highest BCUT2D eigenvalue weighted by Gasteiger charge is 2.04. The molecular formula is C5H5BrCl2O. The van der Waals surface area contributed by atoms with Gasteiger partial charge in [0.1, 0.15) is 4.49 Å². The molecule has 1 unspecified atom stereocenters. The van der Waals surface area contributed by atoms with Gasteiger partial charge in [-0.1, -0.05) is 39.1 Å². The van der Waals surface area contributed by atoms with Crippen molar-refractivity contribution in [3.05, 3.63) is 10.6 Å². The van der Waals surface area contributed by atoms with E-state index in [1.54, 1.807) is 6.92 Å². The van der Waals surface area contributed by atoms with E-state index in [0.717, 1.165) is 0 Å². The second-order valence-electron chi connectivity index (χ2n) is 1.45. The molecule has 0 spiro atoms. The lowest BCUT2D eigenvalue weighted by molar-refractivity contribution is -0.113. The number of halogens is 3. The number of hydrogen-bond acceptors (Lipinski definition) is 1. The van der Waals surface area contributed by atoms with Gasteiger partial charge in [-0.25, -0.2) is 0 Å². The maximum absolute atomic E-state index is 10.7. The van der Waals surface area contributed by atoms with Gasteiger partial charge in [0.2, 0.25) is 0 Å². The highest BCUT2D eigenvalue weighted by molar-refractivity contribution is 9.10. The molecular weight excluding hydrogens is 227 g/mol. The molecule has 0 saturated heterocycles. The Morgan fingerprint density at radius 3 is 2.22 bits per heavy atom. The van der Waals surface area contributed by atoms with Crippen molar-refractivity contribution in [3.63, 3.8) is 0 Å². The van der Waals surface area contributed by atoms with Crippen LogP contribution in [-0.2, 0) is 4.79 Å². The van der Waals surface area contributed by atoms with E-state index in [1.807, 2.05) is 0 Å². The zero-order valence-corrected chi connectivity index (χ0v) is 7.79. The first-order valence-corrected chi connectivity index (χ1v) is 3.92. The average molecular weight is 232 g/mol. The minimum atomic E-state index is -0.218. The molecule has 0 fully saturated rings. The van der Waals surface area contributed by atoms with E-state index in [9.17, 15) is 4.79 Å². The average Bonchev–Trinajstić information content (AvgIpc) is 1.63. The summed E-state index contributed by atoms with van der Waals surface area (Å²) in [6.07, 6.45) is 1.17. The third-order valence-corrected chi connectivity index (χ3v) is 1.31. The number of rotatable bonds is 2. The van der Waals surface area contributed by atoms with E-state index in [2.05, 4.69) is 15.9 Å². The van der Waals surface area contributed by atoms with Gasteiger partial charge in [-0.05, 0) is 6.92 Å². The lowest BCUT2D eigenvalue weighted by Gasteiger charge is -1.92. The first kappa shape index (κ1) is 9.47. The molecule has 0 aromatic heterocycles. The van der Waals surface area contributed by atoms with E-state index >= 15 is 0 Å². The second kappa shape index (κ2) is 4.31.